The fourth-order valence-corrected chi connectivity index (χ4v) is 3.94. The highest BCUT2D eigenvalue weighted by Crippen LogP contribution is 2.17. The second-order valence-corrected chi connectivity index (χ2v) is 8.63. The molecule has 0 saturated heterocycles. The molecule has 0 aromatic heterocycles. The van der Waals surface area contributed by atoms with Crippen molar-refractivity contribution < 1.29 is 9.13 Å². The van der Waals surface area contributed by atoms with E-state index in [-0.39, 0.29) is 11.9 Å². The summed E-state index contributed by atoms with van der Waals surface area (Å²) in [5.41, 5.74) is 2.24. The Morgan fingerprint density at radius 3 is 2.19 bits per heavy atom. The molecule has 2 aromatic rings. The summed E-state index contributed by atoms with van der Waals surface area (Å²) in [5, 5.41) is 3.53. The molecule has 1 N–H and O–H groups in total. The summed E-state index contributed by atoms with van der Waals surface area (Å²) < 4.78 is 19.7. The van der Waals surface area contributed by atoms with E-state index in [1.54, 1.807) is 12.1 Å². The third kappa shape index (κ3) is 12.7. The van der Waals surface area contributed by atoms with Crippen LogP contribution in [0.5, 0.6) is 0 Å². The number of nitrogens with one attached hydrogen (secondary N) is 1. The van der Waals surface area contributed by atoms with E-state index in [4.69, 9.17) is 4.74 Å². The zero-order chi connectivity index (χ0) is 22.0. The van der Waals surface area contributed by atoms with Crippen LogP contribution < -0.4 is 5.32 Å². The molecule has 2 rings (SSSR count). The Balaban J connectivity index is 1.66. The van der Waals surface area contributed by atoms with Crippen LogP contribution in [0.3, 0.4) is 0 Å². The molecule has 0 aliphatic rings. The molecule has 0 saturated carbocycles. The molecule has 0 aliphatic heterocycles. The Hall–Kier alpha value is -1.71. The summed E-state index contributed by atoms with van der Waals surface area (Å²) in [7, 11) is 0. The predicted molar refractivity (Wildman–Crippen MR) is 130 cm³/mol. The molecule has 0 aliphatic carbocycles. The number of hydrogen-bond acceptors (Lipinski definition) is 2. The molecule has 0 bridgehead atoms. The first-order valence-electron chi connectivity index (χ1n) is 12.4. The van der Waals surface area contributed by atoms with Gasteiger partial charge in [0, 0.05) is 6.54 Å². The molecule has 0 radical (unpaired) electrons. The first kappa shape index (κ1) is 25.5. The van der Waals surface area contributed by atoms with Crippen LogP contribution in [0.1, 0.15) is 88.7 Å². The fraction of sp³-hybridized carbons (Fsp3) is 0.571. The number of halogens is 1. The number of hydrogen-bond donors (Lipinski definition) is 1. The molecule has 2 aromatic carbocycles. The molecule has 2 nitrogen and oxygen atoms in total. The van der Waals surface area contributed by atoms with Gasteiger partial charge in [0.15, 0.2) is 0 Å². The minimum absolute atomic E-state index is 0.189. The van der Waals surface area contributed by atoms with Gasteiger partial charge in [-0.25, -0.2) is 4.39 Å². The molecule has 0 amide bonds. The van der Waals surface area contributed by atoms with Gasteiger partial charge in [0.05, 0.1) is 12.7 Å². The van der Waals surface area contributed by atoms with Crippen molar-refractivity contribution in [3.8, 4) is 0 Å². The average Bonchev–Trinajstić information content (AvgIpc) is 2.79. The van der Waals surface area contributed by atoms with E-state index in [1.807, 2.05) is 6.07 Å². The van der Waals surface area contributed by atoms with Crippen molar-refractivity contribution in [2.45, 2.75) is 96.8 Å². The van der Waals surface area contributed by atoms with E-state index < -0.39 is 0 Å². The fourth-order valence-electron chi connectivity index (χ4n) is 3.94. The largest absolute Gasteiger partial charge is 0.374 e. The predicted octanol–water partition coefficient (Wildman–Crippen LogP) is 7.81. The smallest absolute Gasteiger partial charge is 0.123 e. The molecular weight excluding hydrogens is 385 g/mol. The van der Waals surface area contributed by atoms with Gasteiger partial charge in [-0.3, -0.25) is 0 Å². The molecule has 0 fully saturated rings. The maximum absolute atomic E-state index is 13.5. The summed E-state index contributed by atoms with van der Waals surface area (Å²) in [6.07, 6.45) is 14.1. The highest BCUT2D eigenvalue weighted by molar-refractivity contribution is 5.15. The monoisotopic (exact) mass is 427 g/mol. The van der Waals surface area contributed by atoms with Crippen molar-refractivity contribution in [3.63, 3.8) is 0 Å². The Morgan fingerprint density at radius 2 is 1.45 bits per heavy atom. The van der Waals surface area contributed by atoms with Crippen molar-refractivity contribution in [1.29, 1.82) is 0 Å². The molecule has 1 atom stereocenters. The summed E-state index contributed by atoms with van der Waals surface area (Å²) in [4.78, 5) is 0. The van der Waals surface area contributed by atoms with Crippen LogP contribution in [-0.4, -0.2) is 12.6 Å². The minimum Gasteiger partial charge on any atom is -0.374 e. The lowest BCUT2D eigenvalue weighted by Crippen LogP contribution is -2.19. The molecule has 0 spiro atoms. The second-order valence-electron chi connectivity index (χ2n) is 8.63. The third-order valence-corrected chi connectivity index (χ3v) is 5.81. The highest BCUT2D eigenvalue weighted by Gasteiger charge is 2.10. The molecular formula is C28H42FNO. The van der Waals surface area contributed by atoms with Gasteiger partial charge in [-0.05, 0) is 49.1 Å². The number of unbranched alkanes of at least 4 members (excludes halogenated alkanes) is 7. The third-order valence-electron chi connectivity index (χ3n) is 5.81. The van der Waals surface area contributed by atoms with Gasteiger partial charge in [0.2, 0.25) is 0 Å². The first-order valence-corrected chi connectivity index (χ1v) is 12.4. The quantitative estimate of drug-likeness (QED) is 0.245. The van der Waals surface area contributed by atoms with E-state index >= 15 is 0 Å². The van der Waals surface area contributed by atoms with E-state index in [0.29, 0.717) is 6.61 Å². The van der Waals surface area contributed by atoms with Crippen molar-refractivity contribution in [3.05, 3.63) is 71.5 Å². The lowest BCUT2D eigenvalue weighted by Gasteiger charge is -2.18. The van der Waals surface area contributed by atoms with Gasteiger partial charge in [-0.1, -0.05) is 101 Å². The van der Waals surface area contributed by atoms with Crippen LogP contribution in [0.4, 0.5) is 4.39 Å². The topological polar surface area (TPSA) is 21.3 Å². The van der Waals surface area contributed by atoms with Crippen LogP contribution >= 0.6 is 0 Å². The summed E-state index contributed by atoms with van der Waals surface area (Å²) >= 11 is 0. The van der Waals surface area contributed by atoms with Gasteiger partial charge in [0.25, 0.3) is 0 Å². The zero-order valence-corrected chi connectivity index (χ0v) is 19.5. The maximum Gasteiger partial charge on any atom is 0.123 e. The SMILES string of the molecule is CCCCCCCCCCC(CCCNCc1ccccc1)OCc1cccc(F)c1. The van der Waals surface area contributed by atoms with Crippen LogP contribution in [0.2, 0.25) is 0 Å². The molecule has 0 heterocycles. The normalized spacial score (nSPS) is 12.2. The molecule has 31 heavy (non-hydrogen) atoms. The Morgan fingerprint density at radius 1 is 0.774 bits per heavy atom. The summed E-state index contributed by atoms with van der Waals surface area (Å²) in [6, 6.07) is 17.3. The van der Waals surface area contributed by atoms with Gasteiger partial charge < -0.3 is 10.1 Å². The minimum atomic E-state index is -0.189. The van der Waals surface area contributed by atoms with Crippen molar-refractivity contribution in [1.82, 2.24) is 5.32 Å². The second kappa shape index (κ2) is 16.9. The Kier molecular flexibility index (Phi) is 13.9. The zero-order valence-electron chi connectivity index (χ0n) is 19.5. The van der Waals surface area contributed by atoms with Crippen molar-refractivity contribution in [2.24, 2.45) is 0 Å². The molecule has 1 unspecified atom stereocenters. The van der Waals surface area contributed by atoms with E-state index in [2.05, 4.69) is 42.6 Å². The Labute approximate surface area is 189 Å². The van der Waals surface area contributed by atoms with E-state index in [1.165, 1.54) is 63.0 Å². The van der Waals surface area contributed by atoms with Crippen molar-refractivity contribution in [2.75, 3.05) is 6.54 Å². The van der Waals surface area contributed by atoms with Gasteiger partial charge in [0.1, 0.15) is 5.82 Å². The number of ether oxygens (including phenoxy) is 1. The highest BCUT2D eigenvalue weighted by atomic mass is 19.1. The van der Waals surface area contributed by atoms with Crippen LogP contribution in [0.25, 0.3) is 0 Å². The number of benzene rings is 2. The summed E-state index contributed by atoms with van der Waals surface area (Å²) in [5.74, 6) is -0.189. The molecule has 172 valence electrons. The van der Waals surface area contributed by atoms with E-state index in [9.17, 15) is 4.39 Å². The average molecular weight is 428 g/mol. The van der Waals surface area contributed by atoms with Crippen LogP contribution in [0, 0.1) is 5.82 Å². The van der Waals surface area contributed by atoms with E-state index in [0.717, 1.165) is 37.9 Å². The standard InChI is InChI=1S/C28H42FNO/c1-2-3-4-5-6-7-8-12-19-28(31-24-26-17-13-18-27(29)22-26)20-14-21-30-23-25-15-10-9-11-16-25/h9-11,13,15-18,22,28,30H,2-8,12,14,19-21,23-24H2,1H3. The van der Waals surface area contributed by atoms with Crippen LogP contribution in [0.15, 0.2) is 54.6 Å². The van der Waals surface area contributed by atoms with Crippen LogP contribution in [-0.2, 0) is 17.9 Å². The molecule has 3 heteroatoms. The van der Waals surface area contributed by atoms with Crippen molar-refractivity contribution >= 4 is 0 Å². The Bertz CT molecular complexity index is 676. The maximum atomic E-state index is 13.5. The lowest BCUT2D eigenvalue weighted by atomic mass is 10.0. The lowest BCUT2D eigenvalue weighted by molar-refractivity contribution is 0.0264. The number of rotatable bonds is 18. The van der Waals surface area contributed by atoms with Gasteiger partial charge >= 0.3 is 0 Å². The summed E-state index contributed by atoms with van der Waals surface area (Å²) in [6.45, 7) is 4.66. The van der Waals surface area contributed by atoms with Gasteiger partial charge in [-0.2, -0.15) is 0 Å². The first-order chi connectivity index (χ1) is 15.3. The van der Waals surface area contributed by atoms with Gasteiger partial charge in [-0.15, -0.1) is 0 Å².